The van der Waals surface area contributed by atoms with Crippen LogP contribution in [0.4, 0.5) is 0 Å². The maximum absolute atomic E-state index is 12.1. The summed E-state index contributed by atoms with van der Waals surface area (Å²) >= 11 is 0. The third-order valence-corrected chi connectivity index (χ3v) is 4.31. The van der Waals surface area contributed by atoms with Crippen LogP contribution in [-0.4, -0.2) is 50.7 Å². The maximum atomic E-state index is 12.1. The fourth-order valence-corrected chi connectivity index (χ4v) is 3.14. The zero-order valence-corrected chi connectivity index (χ0v) is 10.7. The number of pyridine rings is 1. The predicted molar refractivity (Wildman–Crippen MR) is 60.3 cm³/mol. The third-order valence-electron chi connectivity index (χ3n) is 2.60. The smallest absolute Gasteiger partial charge is 0.285 e. The number of hydrogen-bond donors (Lipinski definition) is 0. The van der Waals surface area contributed by atoms with Gasteiger partial charge in [0.2, 0.25) is 0 Å². The highest BCUT2D eigenvalue weighted by atomic mass is 32.2. The van der Waals surface area contributed by atoms with Crippen LogP contribution in [0.2, 0.25) is 0 Å². The van der Waals surface area contributed by atoms with Crippen molar-refractivity contribution in [2.45, 2.75) is 11.3 Å². The Morgan fingerprint density at radius 2 is 2.06 bits per heavy atom. The summed E-state index contributed by atoms with van der Waals surface area (Å²) in [7, 11) is -1.16. The molecule has 0 aromatic carbocycles. The average Bonchev–Trinajstić information content (AvgIpc) is 2.57. The Kier molecular flexibility index (Phi) is 3.33. The van der Waals surface area contributed by atoms with Gasteiger partial charge in [-0.2, -0.15) is 8.42 Å². The third kappa shape index (κ3) is 1.88. The van der Waals surface area contributed by atoms with Gasteiger partial charge in [-0.25, -0.2) is 9.29 Å². The molecule has 0 aliphatic carbocycles. The van der Waals surface area contributed by atoms with Crippen molar-refractivity contribution < 1.29 is 22.7 Å². The maximum Gasteiger partial charge on any atom is 0.285 e. The van der Waals surface area contributed by atoms with Gasteiger partial charge < -0.3 is 9.47 Å². The summed E-state index contributed by atoms with van der Waals surface area (Å²) in [6.45, 7) is -0.204. The monoisotopic (exact) mass is 272 g/mol. The Bertz CT molecular complexity index is 567. The molecule has 1 aliphatic heterocycles. The van der Waals surface area contributed by atoms with Gasteiger partial charge >= 0.3 is 0 Å². The number of hydrogen-bond acceptors (Lipinski definition) is 6. The summed E-state index contributed by atoms with van der Waals surface area (Å²) in [5.74, 6) is -0.614. The summed E-state index contributed by atoms with van der Waals surface area (Å²) in [5, 5.41) is -0.221. The van der Waals surface area contributed by atoms with Gasteiger partial charge in [0, 0.05) is 20.4 Å². The van der Waals surface area contributed by atoms with Crippen LogP contribution >= 0.6 is 0 Å². The molecule has 0 spiro atoms. The second-order valence-electron chi connectivity index (χ2n) is 3.60. The molecule has 2 heterocycles. The normalized spacial score (nSPS) is 17.3. The van der Waals surface area contributed by atoms with Crippen LogP contribution in [-0.2, 0) is 19.5 Å². The van der Waals surface area contributed by atoms with Crippen LogP contribution in [0, 0.1) is 0 Å². The van der Waals surface area contributed by atoms with E-state index in [1.165, 1.54) is 32.5 Å². The number of fused-ring (bicyclic) bond motifs is 1. The summed E-state index contributed by atoms with van der Waals surface area (Å²) in [6.07, 6.45) is 0.523. The van der Waals surface area contributed by atoms with Crippen LogP contribution in [0.25, 0.3) is 0 Å². The highest BCUT2D eigenvalue weighted by molar-refractivity contribution is 7.90. The van der Waals surface area contributed by atoms with Crippen molar-refractivity contribution in [1.82, 2.24) is 9.29 Å². The molecule has 0 bridgehead atoms. The molecule has 2 rings (SSSR count). The number of ether oxygens (including phenoxy) is 2. The van der Waals surface area contributed by atoms with Crippen molar-refractivity contribution in [3.63, 3.8) is 0 Å². The standard InChI is InChI=1S/C10H12N2O5S/c1-16-8(17-2)6-12-10(13)7-4-3-5-11-9(7)18(12,14)15/h3-5,8H,6H2,1-2H3. The number of carbonyl (C=O) groups is 1. The van der Waals surface area contributed by atoms with E-state index in [1.807, 2.05) is 0 Å². The van der Waals surface area contributed by atoms with Crippen molar-refractivity contribution in [1.29, 1.82) is 0 Å². The minimum atomic E-state index is -3.90. The molecule has 0 atom stereocenters. The number of amides is 1. The SMILES string of the molecule is COC(CN1C(=O)c2cccnc2S1(=O)=O)OC. The van der Waals surface area contributed by atoms with Crippen molar-refractivity contribution in [3.8, 4) is 0 Å². The van der Waals surface area contributed by atoms with E-state index in [4.69, 9.17) is 9.47 Å². The second kappa shape index (κ2) is 4.63. The lowest BCUT2D eigenvalue weighted by Gasteiger charge is -2.20. The van der Waals surface area contributed by atoms with Gasteiger partial charge in [0.1, 0.15) is 0 Å². The molecule has 0 saturated heterocycles. The van der Waals surface area contributed by atoms with Crippen molar-refractivity contribution >= 4 is 15.9 Å². The number of rotatable bonds is 4. The molecule has 0 saturated carbocycles. The molecule has 0 unspecified atom stereocenters. The second-order valence-corrected chi connectivity index (χ2v) is 5.38. The van der Waals surface area contributed by atoms with Crippen molar-refractivity contribution in [2.75, 3.05) is 20.8 Å². The Hall–Kier alpha value is -1.51. The molecule has 1 aliphatic rings. The Morgan fingerprint density at radius 1 is 1.39 bits per heavy atom. The Balaban J connectivity index is 2.39. The molecular weight excluding hydrogens is 260 g/mol. The van der Waals surface area contributed by atoms with Crippen LogP contribution in [0.1, 0.15) is 10.4 Å². The molecule has 98 valence electrons. The van der Waals surface area contributed by atoms with E-state index in [0.717, 1.165) is 0 Å². The molecule has 1 amide bonds. The first-order valence-electron chi connectivity index (χ1n) is 5.10. The van der Waals surface area contributed by atoms with Crippen LogP contribution in [0.5, 0.6) is 0 Å². The first-order chi connectivity index (χ1) is 8.52. The van der Waals surface area contributed by atoms with Crippen LogP contribution < -0.4 is 0 Å². The molecule has 0 fully saturated rings. The number of carbonyl (C=O) groups excluding carboxylic acids is 1. The number of aromatic nitrogens is 1. The lowest BCUT2D eigenvalue weighted by atomic mass is 10.3. The van der Waals surface area contributed by atoms with Crippen LogP contribution in [0.3, 0.4) is 0 Å². The quantitative estimate of drug-likeness (QED) is 0.708. The molecule has 1 aromatic heterocycles. The van der Waals surface area contributed by atoms with E-state index in [0.29, 0.717) is 4.31 Å². The van der Waals surface area contributed by atoms with Gasteiger partial charge in [0.15, 0.2) is 11.3 Å². The Morgan fingerprint density at radius 3 is 2.61 bits per heavy atom. The van der Waals surface area contributed by atoms with E-state index in [9.17, 15) is 13.2 Å². The molecule has 8 heteroatoms. The zero-order chi connectivity index (χ0) is 13.3. The fraction of sp³-hybridized carbons (Fsp3) is 0.400. The first-order valence-corrected chi connectivity index (χ1v) is 6.54. The summed E-state index contributed by atoms with van der Waals surface area (Å²) < 4.78 is 34.7. The van der Waals surface area contributed by atoms with E-state index in [-0.39, 0.29) is 17.1 Å². The highest BCUT2D eigenvalue weighted by Crippen LogP contribution is 2.28. The predicted octanol–water partition coefficient (Wildman–Crippen LogP) is -0.155. The number of methoxy groups -OCH3 is 2. The van der Waals surface area contributed by atoms with Gasteiger partial charge in [0.25, 0.3) is 15.9 Å². The minimum absolute atomic E-state index is 0.0726. The van der Waals surface area contributed by atoms with Gasteiger partial charge in [-0.3, -0.25) is 4.79 Å². The average molecular weight is 272 g/mol. The lowest BCUT2D eigenvalue weighted by Crippen LogP contribution is -2.38. The minimum Gasteiger partial charge on any atom is -0.354 e. The van der Waals surface area contributed by atoms with E-state index >= 15 is 0 Å². The van der Waals surface area contributed by atoms with Crippen LogP contribution in [0.15, 0.2) is 23.4 Å². The lowest BCUT2D eigenvalue weighted by molar-refractivity contribution is -0.105. The topological polar surface area (TPSA) is 85.8 Å². The molecule has 7 nitrogen and oxygen atoms in total. The van der Waals surface area contributed by atoms with E-state index in [2.05, 4.69) is 4.98 Å². The molecule has 1 aromatic rings. The van der Waals surface area contributed by atoms with Gasteiger partial charge in [-0.1, -0.05) is 0 Å². The summed E-state index contributed by atoms with van der Waals surface area (Å²) in [6, 6.07) is 2.94. The first kappa shape index (κ1) is 12.9. The summed E-state index contributed by atoms with van der Waals surface area (Å²) in [5.41, 5.74) is 0.0726. The molecule has 0 N–H and O–H groups in total. The number of sulfonamides is 1. The highest BCUT2D eigenvalue weighted by Gasteiger charge is 2.43. The van der Waals surface area contributed by atoms with E-state index < -0.39 is 22.2 Å². The number of nitrogens with zero attached hydrogens (tertiary/aromatic N) is 2. The Labute approximate surface area is 104 Å². The van der Waals surface area contributed by atoms with Gasteiger partial charge in [0.05, 0.1) is 12.1 Å². The fourth-order valence-electron chi connectivity index (χ4n) is 1.67. The molecule has 18 heavy (non-hydrogen) atoms. The van der Waals surface area contributed by atoms with E-state index in [1.54, 1.807) is 0 Å². The van der Waals surface area contributed by atoms with Gasteiger partial charge in [-0.15, -0.1) is 0 Å². The van der Waals surface area contributed by atoms with Crippen molar-refractivity contribution in [2.24, 2.45) is 0 Å². The largest absolute Gasteiger partial charge is 0.354 e. The van der Waals surface area contributed by atoms with Crippen molar-refractivity contribution in [3.05, 3.63) is 23.9 Å². The summed E-state index contributed by atoms with van der Waals surface area (Å²) in [4.78, 5) is 15.7. The molecular formula is C10H12N2O5S. The zero-order valence-electron chi connectivity index (χ0n) is 9.86. The molecule has 0 radical (unpaired) electrons. The van der Waals surface area contributed by atoms with Gasteiger partial charge in [-0.05, 0) is 12.1 Å².